The summed E-state index contributed by atoms with van der Waals surface area (Å²) in [6.45, 7) is 10.1. The molecule has 0 amide bonds. The van der Waals surface area contributed by atoms with E-state index in [9.17, 15) is 24.1 Å². The first-order valence-electron chi connectivity index (χ1n) is 9.05. The normalized spacial score (nSPS) is 14.6. The quantitative estimate of drug-likeness (QED) is 0.106. The molecule has 0 aromatic carbocycles. The molecular weight excluding hydrogens is 503 g/mol. The van der Waals surface area contributed by atoms with E-state index >= 15 is 0 Å². The van der Waals surface area contributed by atoms with E-state index in [0.717, 1.165) is 45.1 Å². The first-order valence-corrected chi connectivity index (χ1v) is 12.4. The van der Waals surface area contributed by atoms with Gasteiger partial charge < -0.3 is 28.9 Å². The standard InChI is InChI=1S/C19H36O6P2.3K/c1-16(2)9-7-10-17(3)11-8-12-18(4)13-14-25-15-26(20,21)19(5,6)27(22,23)24;;;/h9,11,13H,7-8,10,12,14-15H2,1-6H3,(H,20,21)(H2,22,23,24);;;/q;3*+1/p-3/b17-11+,18-13+;;;. The fourth-order valence-corrected chi connectivity index (χ4v) is 4.39. The molecule has 11 heteroatoms. The van der Waals surface area contributed by atoms with Gasteiger partial charge in [0.25, 0.3) is 0 Å². The van der Waals surface area contributed by atoms with Crippen LogP contribution in [-0.2, 0) is 9.30 Å². The maximum atomic E-state index is 12.0. The summed E-state index contributed by atoms with van der Waals surface area (Å²) < 4.78 is 17.1. The predicted molar refractivity (Wildman–Crippen MR) is 105 cm³/mol. The molecule has 0 aromatic heterocycles. The van der Waals surface area contributed by atoms with Crippen LogP contribution >= 0.6 is 15.3 Å². The van der Waals surface area contributed by atoms with Crippen LogP contribution in [0.25, 0.3) is 0 Å². The molecule has 6 nitrogen and oxygen atoms in total. The van der Waals surface area contributed by atoms with Gasteiger partial charge in [-0.3, -0.25) is 0 Å². The molecule has 0 aliphatic heterocycles. The number of ether oxygens (including phenoxy) is 1. The first-order chi connectivity index (χ1) is 12.2. The summed E-state index contributed by atoms with van der Waals surface area (Å²) in [5.74, 6) is 0. The Balaban J connectivity index is -0.00000113. The molecule has 0 saturated carbocycles. The van der Waals surface area contributed by atoms with Crippen molar-refractivity contribution in [3.8, 4) is 0 Å². The van der Waals surface area contributed by atoms with E-state index in [1.807, 2.05) is 6.92 Å². The van der Waals surface area contributed by atoms with Crippen molar-refractivity contribution in [2.45, 2.75) is 72.1 Å². The number of hydrogen-bond acceptors (Lipinski definition) is 6. The second-order valence-electron chi connectivity index (χ2n) is 7.62. The third-order valence-corrected chi connectivity index (χ3v) is 9.62. The maximum Gasteiger partial charge on any atom is 1.00 e. The molecule has 0 spiro atoms. The van der Waals surface area contributed by atoms with Crippen LogP contribution < -0.4 is 174 Å². The summed E-state index contributed by atoms with van der Waals surface area (Å²) in [5.41, 5.74) is 3.72. The fourth-order valence-electron chi connectivity index (χ4n) is 2.06. The summed E-state index contributed by atoms with van der Waals surface area (Å²) in [7, 11) is -9.81. The van der Waals surface area contributed by atoms with Gasteiger partial charge in [-0.15, -0.1) is 0 Å². The van der Waals surface area contributed by atoms with E-state index in [1.54, 1.807) is 6.08 Å². The molecule has 0 aliphatic carbocycles. The van der Waals surface area contributed by atoms with Crippen molar-refractivity contribution in [1.82, 2.24) is 0 Å². The monoisotopic (exact) mass is 536 g/mol. The predicted octanol–water partition coefficient (Wildman–Crippen LogP) is -6.39. The van der Waals surface area contributed by atoms with Crippen molar-refractivity contribution < 1.29 is 183 Å². The van der Waals surface area contributed by atoms with Gasteiger partial charge in [-0.05, 0) is 67.2 Å². The summed E-state index contributed by atoms with van der Waals surface area (Å²) in [6, 6.07) is 0. The molecule has 1 atom stereocenters. The third-order valence-electron chi connectivity index (χ3n) is 4.44. The Morgan fingerprint density at radius 2 is 1.33 bits per heavy atom. The molecule has 0 rings (SSSR count). The minimum Gasteiger partial charge on any atom is -0.795 e. The van der Waals surface area contributed by atoms with Crippen LogP contribution in [-0.4, -0.2) is 17.9 Å². The molecule has 0 aliphatic rings. The van der Waals surface area contributed by atoms with Gasteiger partial charge in [0, 0.05) is 0 Å². The van der Waals surface area contributed by atoms with Crippen molar-refractivity contribution in [1.29, 1.82) is 0 Å². The SMILES string of the molecule is CC(C)=CCC/C(C)=C/CC/C(C)=C/COCP(=O)([O-])C(C)(C)[P+]([O-])([O-])[O-].[K+].[K+].[K+]. The number of rotatable bonds is 12. The largest absolute Gasteiger partial charge is 1.00 e. The molecule has 0 heterocycles. The van der Waals surface area contributed by atoms with Crippen molar-refractivity contribution in [2.24, 2.45) is 0 Å². The molecule has 0 fully saturated rings. The average molecular weight is 537 g/mol. The molecule has 0 N–H and O–H groups in total. The first kappa shape index (κ1) is 41.7. The zero-order valence-electron chi connectivity index (χ0n) is 20.3. The summed E-state index contributed by atoms with van der Waals surface area (Å²) in [6.07, 6.45) is 9.22. The summed E-state index contributed by atoms with van der Waals surface area (Å²) in [5, 5.41) is 0. The fraction of sp³-hybridized carbons (Fsp3) is 0.684. The van der Waals surface area contributed by atoms with Gasteiger partial charge in [0.1, 0.15) is 0 Å². The van der Waals surface area contributed by atoms with E-state index in [0.29, 0.717) is 0 Å². The molecular formula is C19H33K3O6P2. The number of hydrogen-bond donors (Lipinski definition) is 0. The van der Waals surface area contributed by atoms with Gasteiger partial charge >= 0.3 is 154 Å². The zero-order valence-corrected chi connectivity index (χ0v) is 31.5. The van der Waals surface area contributed by atoms with Crippen LogP contribution in [0.4, 0.5) is 0 Å². The van der Waals surface area contributed by atoms with Crippen molar-refractivity contribution >= 4 is 15.3 Å². The Morgan fingerprint density at radius 1 is 0.900 bits per heavy atom. The van der Waals surface area contributed by atoms with E-state index in [1.165, 1.54) is 11.1 Å². The summed E-state index contributed by atoms with van der Waals surface area (Å²) >= 11 is 0. The topological polar surface area (TPSA) is 119 Å². The zero-order chi connectivity index (χ0) is 21.3. The molecule has 1 unspecified atom stereocenters. The van der Waals surface area contributed by atoms with Gasteiger partial charge in [0.2, 0.25) is 0 Å². The molecule has 0 aromatic rings. The van der Waals surface area contributed by atoms with Gasteiger partial charge in [0.15, 0.2) is 0 Å². The van der Waals surface area contributed by atoms with E-state index < -0.39 is 26.6 Å². The molecule has 158 valence electrons. The molecule has 30 heavy (non-hydrogen) atoms. The van der Waals surface area contributed by atoms with Gasteiger partial charge in [0.05, 0.1) is 25.2 Å². The van der Waals surface area contributed by atoms with Crippen LogP contribution in [0.1, 0.15) is 67.2 Å². The van der Waals surface area contributed by atoms with Crippen molar-refractivity contribution in [3.63, 3.8) is 0 Å². The Hall–Kier alpha value is 4.59. The average Bonchev–Trinajstić information content (AvgIpc) is 2.50. The second kappa shape index (κ2) is 20.6. The van der Waals surface area contributed by atoms with Gasteiger partial charge in [-0.25, -0.2) is 0 Å². The van der Waals surface area contributed by atoms with Crippen LogP contribution in [0.5, 0.6) is 0 Å². The molecule has 0 saturated heterocycles. The third kappa shape index (κ3) is 17.9. The second-order valence-corrected chi connectivity index (χ2v) is 12.8. The Kier molecular flexibility index (Phi) is 28.7. The van der Waals surface area contributed by atoms with Gasteiger partial charge in [-0.1, -0.05) is 34.9 Å². The van der Waals surface area contributed by atoms with Crippen molar-refractivity contribution in [3.05, 3.63) is 34.9 Å². The van der Waals surface area contributed by atoms with Crippen molar-refractivity contribution in [2.75, 3.05) is 13.0 Å². The minimum absolute atomic E-state index is 0. The smallest absolute Gasteiger partial charge is 0.795 e. The Labute approximate surface area is 311 Å². The minimum atomic E-state index is -5.28. The van der Waals surface area contributed by atoms with Crippen LogP contribution in [0.2, 0.25) is 0 Å². The Morgan fingerprint density at radius 3 is 1.77 bits per heavy atom. The molecule has 0 bridgehead atoms. The van der Waals surface area contributed by atoms with Gasteiger partial charge in [-0.2, -0.15) is 7.94 Å². The van der Waals surface area contributed by atoms with E-state index in [4.69, 9.17) is 4.74 Å². The summed E-state index contributed by atoms with van der Waals surface area (Å²) in [4.78, 5) is 43.1. The maximum absolute atomic E-state index is 12.0. The van der Waals surface area contributed by atoms with Crippen LogP contribution in [0.3, 0.4) is 0 Å². The van der Waals surface area contributed by atoms with E-state index in [-0.39, 0.29) is 161 Å². The number of allylic oxidation sites excluding steroid dienone is 5. The van der Waals surface area contributed by atoms with Crippen LogP contribution in [0.15, 0.2) is 34.9 Å². The Bertz CT molecular complexity index is 610. The van der Waals surface area contributed by atoms with Crippen LogP contribution in [0, 0.1) is 0 Å². The van der Waals surface area contributed by atoms with E-state index in [2.05, 4.69) is 32.9 Å². The molecule has 0 radical (unpaired) electrons.